The second-order valence-corrected chi connectivity index (χ2v) is 5.97. The molecule has 0 fully saturated rings. The molecule has 0 amide bonds. The monoisotopic (exact) mass is 334 g/mol. The fraction of sp³-hybridized carbons (Fsp3) is 0.316. The third-order valence-corrected chi connectivity index (χ3v) is 3.66. The molecular formula is C19H20ClFO2. The quantitative estimate of drug-likeness (QED) is 0.668. The van der Waals surface area contributed by atoms with Crippen molar-refractivity contribution in [3.8, 4) is 0 Å². The number of rotatable bonds is 7. The van der Waals surface area contributed by atoms with Gasteiger partial charge in [-0.25, -0.2) is 4.39 Å². The van der Waals surface area contributed by atoms with Crippen molar-refractivity contribution < 1.29 is 13.9 Å². The number of hydrogen-bond donors (Lipinski definition) is 0. The average molecular weight is 335 g/mol. The summed E-state index contributed by atoms with van der Waals surface area (Å²) < 4.78 is 19.1. The van der Waals surface area contributed by atoms with Crippen molar-refractivity contribution in [2.45, 2.75) is 38.7 Å². The van der Waals surface area contributed by atoms with Gasteiger partial charge in [0.05, 0.1) is 0 Å². The topological polar surface area (TPSA) is 26.3 Å². The lowest BCUT2D eigenvalue weighted by Crippen LogP contribution is -2.23. The number of benzene rings is 2. The molecule has 0 spiro atoms. The molecule has 2 aromatic rings. The Balaban J connectivity index is 2.13. The fourth-order valence-electron chi connectivity index (χ4n) is 2.47. The minimum Gasteiger partial charge on any atom is -0.462 e. The van der Waals surface area contributed by atoms with Crippen molar-refractivity contribution in [3.63, 3.8) is 0 Å². The highest BCUT2D eigenvalue weighted by molar-refractivity contribution is 6.30. The predicted molar refractivity (Wildman–Crippen MR) is 90.0 cm³/mol. The van der Waals surface area contributed by atoms with Gasteiger partial charge < -0.3 is 4.74 Å². The van der Waals surface area contributed by atoms with Crippen LogP contribution in [-0.2, 0) is 22.4 Å². The maximum atomic E-state index is 13.5. The van der Waals surface area contributed by atoms with Crippen LogP contribution in [0.5, 0.6) is 0 Å². The summed E-state index contributed by atoms with van der Waals surface area (Å²) in [6, 6.07) is 14.2. The zero-order valence-corrected chi connectivity index (χ0v) is 13.9. The summed E-state index contributed by atoms with van der Waals surface area (Å²) in [5.74, 6) is -0.609. The van der Waals surface area contributed by atoms with Gasteiger partial charge in [0, 0.05) is 24.3 Å². The number of esters is 1. The number of hydrogen-bond acceptors (Lipinski definition) is 2. The first-order valence-electron chi connectivity index (χ1n) is 7.75. The van der Waals surface area contributed by atoms with Crippen molar-refractivity contribution in [2.24, 2.45) is 0 Å². The molecule has 0 N–H and O–H groups in total. The Kier molecular flexibility index (Phi) is 6.60. The molecular weight excluding hydrogens is 315 g/mol. The smallest absolute Gasteiger partial charge is 0.306 e. The molecule has 0 bridgehead atoms. The van der Waals surface area contributed by atoms with Crippen LogP contribution in [0, 0.1) is 5.82 Å². The van der Waals surface area contributed by atoms with E-state index in [9.17, 15) is 9.18 Å². The standard InChI is InChI=1S/C19H20ClFO2/c1-2-6-19(22)23-18(11-14-7-4-3-5-8-14)12-15-9-16(20)13-17(21)10-15/h3-5,7-10,13,18H,2,6,11-12H2,1H3. The lowest BCUT2D eigenvalue weighted by Gasteiger charge is -2.18. The molecule has 0 aliphatic carbocycles. The Bertz CT molecular complexity index is 623. The van der Waals surface area contributed by atoms with E-state index in [-0.39, 0.29) is 17.9 Å². The molecule has 0 aliphatic rings. The minimum absolute atomic E-state index is 0.226. The first-order chi connectivity index (χ1) is 11.1. The number of carbonyl (C=O) groups is 1. The predicted octanol–water partition coefficient (Wildman–Crippen LogP) is 4.98. The molecule has 23 heavy (non-hydrogen) atoms. The second-order valence-electron chi connectivity index (χ2n) is 5.53. The Labute approximate surface area is 141 Å². The van der Waals surface area contributed by atoms with Crippen LogP contribution in [-0.4, -0.2) is 12.1 Å². The zero-order valence-electron chi connectivity index (χ0n) is 13.1. The summed E-state index contributed by atoms with van der Waals surface area (Å²) in [5, 5.41) is 0.346. The highest BCUT2D eigenvalue weighted by atomic mass is 35.5. The van der Waals surface area contributed by atoms with E-state index in [1.807, 2.05) is 37.3 Å². The fourth-order valence-corrected chi connectivity index (χ4v) is 2.72. The lowest BCUT2D eigenvalue weighted by molar-refractivity contribution is -0.149. The lowest BCUT2D eigenvalue weighted by atomic mass is 10.0. The van der Waals surface area contributed by atoms with Gasteiger partial charge in [-0.05, 0) is 35.7 Å². The molecule has 0 aliphatic heterocycles. The average Bonchev–Trinajstić information content (AvgIpc) is 2.47. The summed E-state index contributed by atoms with van der Waals surface area (Å²) in [6.45, 7) is 1.93. The number of halogens is 2. The van der Waals surface area contributed by atoms with E-state index in [1.165, 1.54) is 12.1 Å². The maximum Gasteiger partial charge on any atom is 0.306 e. The first kappa shape index (κ1) is 17.5. The third kappa shape index (κ3) is 6.03. The van der Waals surface area contributed by atoms with E-state index in [4.69, 9.17) is 16.3 Å². The Morgan fingerprint density at radius 3 is 2.48 bits per heavy atom. The van der Waals surface area contributed by atoms with Crippen LogP contribution < -0.4 is 0 Å². The van der Waals surface area contributed by atoms with Crippen molar-refractivity contribution in [1.82, 2.24) is 0 Å². The van der Waals surface area contributed by atoms with Crippen LogP contribution in [0.15, 0.2) is 48.5 Å². The van der Waals surface area contributed by atoms with Crippen LogP contribution in [0.25, 0.3) is 0 Å². The molecule has 0 aromatic heterocycles. The van der Waals surface area contributed by atoms with Gasteiger partial charge in [-0.2, -0.15) is 0 Å². The van der Waals surface area contributed by atoms with Crippen molar-refractivity contribution in [1.29, 1.82) is 0 Å². The van der Waals surface area contributed by atoms with Gasteiger partial charge in [0.1, 0.15) is 11.9 Å². The molecule has 122 valence electrons. The van der Waals surface area contributed by atoms with Gasteiger partial charge >= 0.3 is 5.97 Å². The second kappa shape index (κ2) is 8.68. The first-order valence-corrected chi connectivity index (χ1v) is 8.13. The van der Waals surface area contributed by atoms with Crippen molar-refractivity contribution >= 4 is 17.6 Å². The van der Waals surface area contributed by atoms with E-state index in [0.29, 0.717) is 24.3 Å². The summed E-state index contributed by atoms with van der Waals surface area (Å²) in [7, 11) is 0. The van der Waals surface area contributed by atoms with Crippen LogP contribution in [0.3, 0.4) is 0 Å². The minimum atomic E-state index is -0.383. The van der Waals surface area contributed by atoms with Gasteiger partial charge in [-0.1, -0.05) is 48.9 Å². The summed E-state index contributed by atoms with van der Waals surface area (Å²) in [6.07, 6.45) is 1.80. The van der Waals surface area contributed by atoms with Gasteiger partial charge in [-0.3, -0.25) is 4.79 Å². The third-order valence-electron chi connectivity index (χ3n) is 3.44. The summed E-state index contributed by atoms with van der Waals surface area (Å²) in [4.78, 5) is 11.8. The van der Waals surface area contributed by atoms with Gasteiger partial charge in [-0.15, -0.1) is 0 Å². The highest BCUT2D eigenvalue weighted by Gasteiger charge is 2.16. The molecule has 0 saturated carbocycles. The van der Waals surface area contributed by atoms with Gasteiger partial charge in [0.15, 0.2) is 0 Å². The Morgan fingerprint density at radius 1 is 1.13 bits per heavy atom. The van der Waals surface area contributed by atoms with Crippen LogP contribution in [0.1, 0.15) is 30.9 Å². The van der Waals surface area contributed by atoms with E-state index >= 15 is 0 Å². The Hall–Kier alpha value is -1.87. The van der Waals surface area contributed by atoms with Crippen LogP contribution in [0.2, 0.25) is 5.02 Å². The molecule has 0 heterocycles. The van der Waals surface area contributed by atoms with Crippen LogP contribution in [0.4, 0.5) is 4.39 Å². The molecule has 2 nitrogen and oxygen atoms in total. The number of ether oxygens (including phenoxy) is 1. The molecule has 0 radical (unpaired) electrons. The van der Waals surface area contributed by atoms with E-state index < -0.39 is 0 Å². The highest BCUT2D eigenvalue weighted by Crippen LogP contribution is 2.18. The molecule has 1 atom stereocenters. The Morgan fingerprint density at radius 2 is 1.83 bits per heavy atom. The summed E-state index contributed by atoms with van der Waals surface area (Å²) >= 11 is 5.90. The van der Waals surface area contributed by atoms with Gasteiger partial charge in [0.25, 0.3) is 0 Å². The molecule has 2 aromatic carbocycles. The normalized spacial score (nSPS) is 12.0. The zero-order chi connectivity index (χ0) is 16.7. The largest absolute Gasteiger partial charge is 0.462 e. The van der Waals surface area contributed by atoms with Crippen LogP contribution >= 0.6 is 11.6 Å². The number of carbonyl (C=O) groups excluding carboxylic acids is 1. The summed E-state index contributed by atoms with van der Waals surface area (Å²) in [5.41, 5.74) is 1.80. The molecule has 1 unspecified atom stereocenters. The maximum absolute atomic E-state index is 13.5. The van der Waals surface area contributed by atoms with Gasteiger partial charge in [0.2, 0.25) is 0 Å². The van der Waals surface area contributed by atoms with E-state index in [0.717, 1.165) is 17.5 Å². The molecule has 4 heteroatoms. The molecule has 2 rings (SSSR count). The molecule has 0 saturated heterocycles. The van der Waals surface area contributed by atoms with E-state index in [2.05, 4.69) is 0 Å². The van der Waals surface area contributed by atoms with E-state index in [1.54, 1.807) is 6.07 Å². The van der Waals surface area contributed by atoms with Crippen molar-refractivity contribution in [3.05, 3.63) is 70.5 Å². The SMILES string of the molecule is CCCC(=O)OC(Cc1ccccc1)Cc1cc(F)cc(Cl)c1. The van der Waals surface area contributed by atoms with Crippen molar-refractivity contribution in [2.75, 3.05) is 0 Å².